The maximum atomic E-state index is 11.8. The molecule has 1 aromatic rings. The average Bonchev–Trinajstić information content (AvgIpc) is 2.38. The van der Waals surface area contributed by atoms with Gasteiger partial charge in [-0.25, -0.2) is 0 Å². The van der Waals surface area contributed by atoms with Crippen LogP contribution in [0.15, 0.2) is 24.3 Å². The molecule has 1 aromatic carbocycles. The maximum absolute atomic E-state index is 11.8. The molecule has 0 aliphatic heterocycles. The number of nitrogens with zero attached hydrogens (tertiary/aromatic N) is 1. The van der Waals surface area contributed by atoms with Crippen LogP contribution in [0.2, 0.25) is 0 Å². The summed E-state index contributed by atoms with van der Waals surface area (Å²) in [6, 6.07) is 7.38. The van der Waals surface area contributed by atoms with Crippen molar-refractivity contribution in [2.75, 3.05) is 32.5 Å². The van der Waals surface area contributed by atoms with Crippen LogP contribution in [0.4, 0.5) is 5.69 Å². The van der Waals surface area contributed by atoms with Gasteiger partial charge in [-0.3, -0.25) is 14.5 Å². The SMILES string of the molecule is CNC(=O)CN(C)CC(=O)Nc1ccccc1CN. The molecule has 19 heavy (non-hydrogen) atoms. The summed E-state index contributed by atoms with van der Waals surface area (Å²) in [6.45, 7) is 0.694. The Balaban J connectivity index is 2.53. The Labute approximate surface area is 113 Å². The van der Waals surface area contributed by atoms with Crippen LogP contribution in [-0.2, 0) is 16.1 Å². The lowest BCUT2D eigenvalue weighted by Gasteiger charge is -2.16. The van der Waals surface area contributed by atoms with Gasteiger partial charge in [-0.15, -0.1) is 0 Å². The second-order valence-electron chi connectivity index (χ2n) is 4.25. The summed E-state index contributed by atoms with van der Waals surface area (Å²) in [7, 11) is 3.28. The number of rotatable bonds is 6. The first-order valence-corrected chi connectivity index (χ1v) is 6.03. The Morgan fingerprint density at radius 2 is 1.84 bits per heavy atom. The smallest absolute Gasteiger partial charge is 0.238 e. The molecule has 1 rings (SSSR count). The van der Waals surface area contributed by atoms with E-state index in [2.05, 4.69) is 10.6 Å². The Morgan fingerprint density at radius 1 is 1.21 bits per heavy atom. The number of anilines is 1. The summed E-state index contributed by atoms with van der Waals surface area (Å²) in [4.78, 5) is 24.6. The van der Waals surface area contributed by atoms with Crippen molar-refractivity contribution in [3.63, 3.8) is 0 Å². The van der Waals surface area contributed by atoms with Crippen LogP contribution < -0.4 is 16.4 Å². The number of hydrogen-bond donors (Lipinski definition) is 3. The van der Waals surface area contributed by atoms with E-state index in [9.17, 15) is 9.59 Å². The minimum atomic E-state index is -0.174. The maximum Gasteiger partial charge on any atom is 0.238 e. The lowest BCUT2D eigenvalue weighted by molar-refractivity contribution is -0.122. The topological polar surface area (TPSA) is 87.5 Å². The van der Waals surface area contributed by atoms with E-state index in [1.807, 2.05) is 18.2 Å². The first kappa shape index (κ1) is 15.1. The summed E-state index contributed by atoms with van der Waals surface area (Å²) >= 11 is 0. The molecular weight excluding hydrogens is 244 g/mol. The number of carbonyl (C=O) groups is 2. The fourth-order valence-electron chi connectivity index (χ4n) is 1.64. The zero-order chi connectivity index (χ0) is 14.3. The Bertz CT molecular complexity index is 448. The highest BCUT2D eigenvalue weighted by atomic mass is 16.2. The molecule has 6 heteroatoms. The van der Waals surface area contributed by atoms with Crippen LogP contribution in [0.25, 0.3) is 0 Å². The van der Waals surface area contributed by atoms with Crippen LogP contribution in [0, 0.1) is 0 Å². The van der Waals surface area contributed by atoms with Gasteiger partial charge in [-0.1, -0.05) is 18.2 Å². The number of likely N-dealkylation sites (N-methyl/N-ethyl adjacent to an activating group) is 2. The summed E-state index contributed by atoms with van der Waals surface area (Å²) in [5.41, 5.74) is 7.19. The Kier molecular flexibility index (Phi) is 5.98. The van der Waals surface area contributed by atoms with Crippen molar-refractivity contribution in [2.24, 2.45) is 5.73 Å². The predicted octanol–water partition coefficient (Wildman–Crippen LogP) is -0.238. The summed E-state index contributed by atoms with van der Waals surface area (Å²) < 4.78 is 0. The van der Waals surface area contributed by atoms with Gasteiger partial charge in [0.1, 0.15) is 0 Å². The molecule has 0 saturated carbocycles. The van der Waals surface area contributed by atoms with Crippen LogP contribution >= 0.6 is 0 Å². The molecule has 0 spiro atoms. The van der Waals surface area contributed by atoms with Gasteiger partial charge in [-0.05, 0) is 18.7 Å². The molecule has 0 radical (unpaired) electrons. The normalized spacial score (nSPS) is 10.3. The molecule has 4 N–H and O–H groups in total. The van der Waals surface area contributed by atoms with Crippen molar-refractivity contribution < 1.29 is 9.59 Å². The molecule has 0 aliphatic carbocycles. The molecule has 0 aromatic heterocycles. The van der Waals surface area contributed by atoms with Crippen LogP contribution in [0.5, 0.6) is 0 Å². The second kappa shape index (κ2) is 7.50. The Morgan fingerprint density at radius 3 is 2.47 bits per heavy atom. The number of nitrogens with one attached hydrogen (secondary N) is 2. The molecule has 0 fully saturated rings. The van der Waals surface area contributed by atoms with Gasteiger partial charge in [0.2, 0.25) is 11.8 Å². The quantitative estimate of drug-likeness (QED) is 0.662. The monoisotopic (exact) mass is 264 g/mol. The fraction of sp³-hybridized carbons (Fsp3) is 0.385. The van der Waals surface area contributed by atoms with Crippen molar-refractivity contribution in [1.82, 2.24) is 10.2 Å². The highest BCUT2D eigenvalue weighted by molar-refractivity contribution is 5.93. The van der Waals surface area contributed by atoms with Crippen molar-refractivity contribution in [3.8, 4) is 0 Å². The molecule has 0 heterocycles. The number of amides is 2. The van der Waals surface area contributed by atoms with Crippen molar-refractivity contribution >= 4 is 17.5 Å². The van der Waals surface area contributed by atoms with Gasteiger partial charge in [0.15, 0.2) is 0 Å². The molecule has 6 nitrogen and oxygen atoms in total. The minimum Gasteiger partial charge on any atom is -0.358 e. The van der Waals surface area contributed by atoms with E-state index in [1.54, 1.807) is 25.1 Å². The fourth-order valence-corrected chi connectivity index (χ4v) is 1.64. The van der Waals surface area contributed by atoms with Crippen LogP contribution in [0.3, 0.4) is 0 Å². The third-order valence-electron chi connectivity index (χ3n) is 2.62. The third kappa shape index (κ3) is 5.07. The van der Waals surface area contributed by atoms with Crippen molar-refractivity contribution in [2.45, 2.75) is 6.54 Å². The van der Waals surface area contributed by atoms with Crippen LogP contribution in [0.1, 0.15) is 5.56 Å². The summed E-state index contributed by atoms with van der Waals surface area (Å²) in [5, 5.41) is 5.30. The van der Waals surface area contributed by atoms with Gasteiger partial charge in [0.05, 0.1) is 13.1 Å². The standard InChI is InChI=1S/C13H20N4O2/c1-15-12(18)8-17(2)9-13(19)16-11-6-4-3-5-10(11)7-14/h3-6H,7-9,14H2,1-2H3,(H,15,18)(H,16,19). The van der Waals surface area contributed by atoms with E-state index < -0.39 is 0 Å². The first-order chi connectivity index (χ1) is 9.06. The predicted molar refractivity (Wildman–Crippen MR) is 74.5 cm³/mol. The number of nitrogens with two attached hydrogens (primary N) is 1. The van der Waals surface area contributed by atoms with Gasteiger partial charge in [-0.2, -0.15) is 0 Å². The van der Waals surface area contributed by atoms with Crippen LogP contribution in [-0.4, -0.2) is 43.9 Å². The molecule has 104 valence electrons. The van der Waals surface area contributed by atoms with Gasteiger partial charge >= 0.3 is 0 Å². The van der Waals surface area contributed by atoms with Gasteiger partial charge < -0.3 is 16.4 Å². The van der Waals surface area contributed by atoms with Gasteiger partial charge in [0, 0.05) is 19.3 Å². The third-order valence-corrected chi connectivity index (χ3v) is 2.62. The number of para-hydroxylation sites is 1. The molecule has 0 unspecified atom stereocenters. The van der Waals surface area contributed by atoms with E-state index in [-0.39, 0.29) is 24.9 Å². The lowest BCUT2D eigenvalue weighted by Crippen LogP contribution is -2.37. The van der Waals surface area contributed by atoms with Crippen molar-refractivity contribution in [3.05, 3.63) is 29.8 Å². The largest absolute Gasteiger partial charge is 0.358 e. The Hall–Kier alpha value is -1.92. The number of hydrogen-bond acceptors (Lipinski definition) is 4. The highest BCUT2D eigenvalue weighted by Gasteiger charge is 2.10. The molecule has 0 atom stereocenters. The minimum absolute atomic E-state index is 0.127. The zero-order valence-electron chi connectivity index (χ0n) is 11.3. The number of carbonyl (C=O) groups excluding carboxylic acids is 2. The molecule has 0 aliphatic rings. The highest BCUT2D eigenvalue weighted by Crippen LogP contribution is 2.13. The van der Waals surface area contributed by atoms with E-state index in [0.717, 1.165) is 5.56 Å². The molecule has 0 bridgehead atoms. The zero-order valence-corrected chi connectivity index (χ0v) is 11.3. The number of benzene rings is 1. The first-order valence-electron chi connectivity index (χ1n) is 6.03. The lowest BCUT2D eigenvalue weighted by atomic mass is 10.2. The van der Waals surface area contributed by atoms with Gasteiger partial charge in [0.25, 0.3) is 0 Å². The molecule has 2 amide bonds. The summed E-state index contributed by atoms with van der Waals surface area (Å²) in [5.74, 6) is -0.301. The average molecular weight is 264 g/mol. The molecule has 0 saturated heterocycles. The van der Waals surface area contributed by atoms with E-state index in [4.69, 9.17) is 5.73 Å². The summed E-state index contributed by atoms with van der Waals surface area (Å²) in [6.07, 6.45) is 0. The van der Waals surface area contributed by atoms with Crippen molar-refractivity contribution in [1.29, 1.82) is 0 Å². The molecular formula is C13H20N4O2. The van der Waals surface area contributed by atoms with E-state index >= 15 is 0 Å². The van der Waals surface area contributed by atoms with E-state index in [1.165, 1.54) is 0 Å². The second-order valence-corrected chi connectivity index (χ2v) is 4.25. The van der Waals surface area contributed by atoms with E-state index in [0.29, 0.717) is 12.2 Å².